The number of amides is 2. The number of primary amides is 1. The van der Waals surface area contributed by atoms with Crippen LogP contribution in [0, 0.1) is 23.0 Å². The minimum Gasteiger partial charge on any atom is -0.366 e. The lowest BCUT2D eigenvalue weighted by atomic mass is 9.93. The number of rotatable bonds is 5. The van der Waals surface area contributed by atoms with Gasteiger partial charge in [0.05, 0.1) is 11.6 Å². The molecule has 0 atom stereocenters. The van der Waals surface area contributed by atoms with Crippen molar-refractivity contribution in [2.24, 2.45) is 5.73 Å². The summed E-state index contributed by atoms with van der Waals surface area (Å²) in [5, 5.41) is 12.0. The second kappa shape index (κ2) is 7.62. The molecule has 1 aromatic carbocycles. The van der Waals surface area contributed by atoms with Gasteiger partial charge in [-0.2, -0.15) is 17.0 Å². The van der Waals surface area contributed by atoms with Crippen LogP contribution in [0.4, 0.5) is 8.78 Å². The molecular weight excluding hydrogens is 336 g/mol. The Balaban J connectivity index is 2.05. The lowest BCUT2D eigenvalue weighted by Crippen LogP contribution is -2.49. The van der Waals surface area contributed by atoms with Gasteiger partial charge >= 0.3 is 0 Å². The van der Waals surface area contributed by atoms with Crippen molar-refractivity contribution >= 4 is 23.6 Å². The van der Waals surface area contributed by atoms with E-state index in [1.807, 2.05) is 0 Å². The van der Waals surface area contributed by atoms with Gasteiger partial charge in [-0.3, -0.25) is 9.59 Å². The molecule has 0 saturated carbocycles. The molecule has 1 saturated heterocycles. The summed E-state index contributed by atoms with van der Waals surface area (Å²) in [6.45, 7) is 0. The molecule has 0 radical (unpaired) electrons. The number of thioether (sulfide) groups is 1. The van der Waals surface area contributed by atoms with Gasteiger partial charge in [0, 0.05) is 12.0 Å². The van der Waals surface area contributed by atoms with Crippen LogP contribution in [0.5, 0.6) is 0 Å². The van der Waals surface area contributed by atoms with E-state index in [2.05, 4.69) is 11.4 Å². The van der Waals surface area contributed by atoms with Crippen LogP contribution < -0.4 is 11.1 Å². The van der Waals surface area contributed by atoms with E-state index in [4.69, 9.17) is 5.73 Å². The van der Waals surface area contributed by atoms with Crippen molar-refractivity contribution in [2.45, 2.75) is 31.2 Å². The van der Waals surface area contributed by atoms with Crippen molar-refractivity contribution in [1.29, 1.82) is 5.26 Å². The van der Waals surface area contributed by atoms with Crippen LogP contribution in [0.2, 0.25) is 0 Å². The largest absolute Gasteiger partial charge is 0.366 e. The van der Waals surface area contributed by atoms with Gasteiger partial charge in [0.25, 0.3) is 5.91 Å². The monoisotopic (exact) mass is 353 g/mol. The Labute approximate surface area is 142 Å². The summed E-state index contributed by atoms with van der Waals surface area (Å²) in [4.78, 5) is 23.2. The van der Waals surface area contributed by atoms with Crippen molar-refractivity contribution in [3.8, 4) is 6.07 Å². The minimum atomic E-state index is -1.04. The van der Waals surface area contributed by atoms with Crippen molar-refractivity contribution in [2.75, 3.05) is 11.5 Å². The Hall–Kier alpha value is -2.14. The van der Waals surface area contributed by atoms with Gasteiger partial charge in [0.15, 0.2) is 0 Å². The van der Waals surface area contributed by atoms with E-state index in [1.165, 1.54) is 0 Å². The van der Waals surface area contributed by atoms with Gasteiger partial charge in [0.2, 0.25) is 5.91 Å². The predicted octanol–water partition coefficient (Wildman–Crippen LogP) is 1.90. The number of carbonyl (C=O) groups is 2. The van der Waals surface area contributed by atoms with Crippen LogP contribution in [-0.4, -0.2) is 28.9 Å². The quantitative estimate of drug-likeness (QED) is 0.845. The van der Waals surface area contributed by atoms with Crippen LogP contribution in [0.3, 0.4) is 0 Å². The maximum atomic E-state index is 14.1. The van der Waals surface area contributed by atoms with E-state index in [0.29, 0.717) is 12.8 Å². The molecule has 8 heteroatoms. The van der Waals surface area contributed by atoms with E-state index in [9.17, 15) is 23.6 Å². The van der Waals surface area contributed by atoms with Crippen LogP contribution >= 0.6 is 11.8 Å². The Morgan fingerprint density at radius 2 is 2.00 bits per heavy atom. The van der Waals surface area contributed by atoms with Crippen molar-refractivity contribution < 1.29 is 18.4 Å². The third-order valence-corrected chi connectivity index (χ3v) is 4.98. The number of carbonyl (C=O) groups excluding carboxylic acids is 2. The molecule has 0 aromatic heterocycles. The molecular formula is C16H17F2N3O2S. The molecule has 0 spiro atoms. The highest BCUT2D eigenvalue weighted by Crippen LogP contribution is 2.26. The maximum Gasteiger partial charge on any atom is 0.251 e. The number of nitrogens with one attached hydrogen (secondary N) is 1. The summed E-state index contributed by atoms with van der Waals surface area (Å²) in [7, 11) is 0. The van der Waals surface area contributed by atoms with Crippen molar-refractivity contribution in [1.82, 2.24) is 5.32 Å². The number of hydrogen-bond acceptors (Lipinski definition) is 4. The van der Waals surface area contributed by atoms with Gasteiger partial charge in [-0.1, -0.05) is 0 Å². The molecule has 0 unspecified atom stereocenters. The first kappa shape index (κ1) is 18.2. The Morgan fingerprint density at radius 3 is 2.58 bits per heavy atom. The zero-order chi connectivity index (χ0) is 17.7. The van der Waals surface area contributed by atoms with E-state index in [-0.39, 0.29) is 18.4 Å². The van der Waals surface area contributed by atoms with Gasteiger partial charge in [-0.05, 0) is 42.9 Å². The highest BCUT2D eigenvalue weighted by Gasteiger charge is 2.33. The molecule has 0 bridgehead atoms. The molecule has 2 amide bonds. The predicted molar refractivity (Wildman–Crippen MR) is 86.2 cm³/mol. The number of nitriles is 1. The van der Waals surface area contributed by atoms with Crippen LogP contribution in [0.1, 0.15) is 35.2 Å². The highest BCUT2D eigenvalue weighted by molar-refractivity contribution is 7.99. The van der Waals surface area contributed by atoms with Crippen LogP contribution in [0.15, 0.2) is 12.1 Å². The Bertz CT molecular complexity index is 697. The van der Waals surface area contributed by atoms with Gasteiger partial charge in [0.1, 0.15) is 17.2 Å². The third kappa shape index (κ3) is 4.03. The molecule has 1 fully saturated rings. The van der Waals surface area contributed by atoms with Gasteiger partial charge in [-0.25, -0.2) is 8.78 Å². The SMILES string of the molecule is N#CC1(NC(=O)CCc2c(F)ccc(C(N)=O)c2F)CCSCC1. The molecule has 0 aliphatic carbocycles. The first-order valence-electron chi connectivity index (χ1n) is 7.45. The summed E-state index contributed by atoms with van der Waals surface area (Å²) < 4.78 is 27.9. The lowest BCUT2D eigenvalue weighted by molar-refractivity contribution is -0.122. The van der Waals surface area contributed by atoms with E-state index in [1.54, 1.807) is 11.8 Å². The average Bonchev–Trinajstić information content (AvgIpc) is 2.55. The number of nitrogens with two attached hydrogens (primary N) is 1. The summed E-state index contributed by atoms with van der Waals surface area (Å²) in [6.07, 6.45) is 0.674. The van der Waals surface area contributed by atoms with Crippen molar-refractivity contribution in [3.05, 3.63) is 34.9 Å². The molecule has 1 heterocycles. The number of benzene rings is 1. The van der Waals surface area contributed by atoms with E-state index >= 15 is 0 Å². The second-order valence-electron chi connectivity index (χ2n) is 5.61. The van der Waals surface area contributed by atoms with E-state index < -0.39 is 34.6 Å². The third-order valence-electron chi connectivity index (χ3n) is 3.99. The van der Waals surface area contributed by atoms with Gasteiger partial charge in [-0.15, -0.1) is 0 Å². The van der Waals surface area contributed by atoms with Crippen LogP contribution in [-0.2, 0) is 11.2 Å². The highest BCUT2D eigenvalue weighted by atomic mass is 32.2. The summed E-state index contributed by atoms with van der Waals surface area (Å²) in [5.41, 5.74) is 3.35. The fourth-order valence-electron chi connectivity index (χ4n) is 2.57. The number of hydrogen-bond donors (Lipinski definition) is 2. The zero-order valence-corrected chi connectivity index (χ0v) is 13.7. The first-order valence-corrected chi connectivity index (χ1v) is 8.61. The molecule has 1 aliphatic rings. The Kier molecular flexibility index (Phi) is 5.78. The lowest BCUT2D eigenvalue weighted by Gasteiger charge is -2.31. The molecule has 1 aliphatic heterocycles. The average molecular weight is 353 g/mol. The first-order chi connectivity index (χ1) is 11.4. The number of halogens is 2. The van der Waals surface area contributed by atoms with Crippen LogP contribution in [0.25, 0.3) is 0 Å². The molecule has 5 nitrogen and oxygen atoms in total. The molecule has 128 valence electrons. The molecule has 3 N–H and O–H groups in total. The van der Waals surface area contributed by atoms with Crippen molar-refractivity contribution in [3.63, 3.8) is 0 Å². The topological polar surface area (TPSA) is 96.0 Å². The molecule has 2 rings (SSSR count). The summed E-state index contributed by atoms with van der Waals surface area (Å²) >= 11 is 1.71. The minimum absolute atomic E-state index is 0.188. The molecule has 24 heavy (non-hydrogen) atoms. The normalized spacial score (nSPS) is 16.2. The fourth-order valence-corrected chi connectivity index (χ4v) is 3.76. The molecule has 1 aromatic rings. The fraction of sp³-hybridized carbons (Fsp3) is 0.438. The van der Waals surface area contributed by atoms with E-state index in [0.717, 1.165) is 23.6 Å². The standard InChI is InChI=1S/C16H17F2N3O2S/c17-12-3-1-11(15(20)23)14(18)10(12)2-4-13(22)21-16(9-19)5-7-24-8-6-16/h1,3H,2,4-8H2,(H2,20,23)(H,21,22). The Morgan fingerprint density at radius 1 is 1.33 bits per heavy atom. The summed E-state index contributed by atoms with van der Waals surface area (Å²) in [5.74, 6) is -1.78. The summed E-state index contributed by atoms with van der Waals surface area (Å²) in [6, 6.07) is 4.06. The number of nitrogens with zero attached hydrogens (tertiary/aromatic N) is 1. The zero-order valence-electron chi connectivity index (χ0n) is 12.9. The maximum absolute atomic E-state index is 14.1. The van der Waals surface area contributed by atoms with Gasteiger partial charge < -0.3 is 11.1 Å². The smallest absolute Gasteiger partial charge is 0.251 e. The second-order valence-corrected chi connectivity index (χ2v) is 6.83.